The van der Waals surface area contributed by atoms with Crippen LogP contribution >= 0.6 is 23.2 Å². The van der Waals surface area contributed by atoms with Gasteiger partial charge in [0.15, 0.2) is 0 Å². The van der Waals surface area contributed by atoms with E-state index in [0.29, 0.717) is 12.8 Å². The predicted molar refractivity (Wildman–Crippen MR) is 121 cm³/mol. The molecule has 3 rings (SSSR count). The maximum atomic E-state index is 13.1. The molecule has 13 heteroatoms. The van der Waals surface area contributed by atoms with Crippen molar-refractivity contribution in [3.63, 3.8) is 0 Å². The molecule has 1 aliphatic heterocycles. The van der Waals surface area contributed by atoms with E-state index in [-0.39, 0.29) is 51.6 Å². The largest absolute Gasteiger partial charge is 0.416 e. The molecule has 0 unspecified atom stereocenters. The van der Waals surface area contributed by atoms with Gasteiger partial charge in [-0.2, -0.15) is 13.2 Å². The molecule has 0 aliphatic carbocycles. The Bertz CT molecular complexity index is 1210. The van der Waals surface area contributed by atoms with E-state index in [4.69, 9.17) is 28.9 Å². The highest BCUT2D eigenvalue weighted by Crippen LogP contribution is 2.35. The molecule has 1 saturated heterocycles. The van der Waals surface area contributed by atoms with Gasteiger partial charge >= 0.3 is 6.18 Å². The third-order valence-corrected chi connectivity index (χ3v) is 7.82. The molecule has 0 bridgehead atoms. The summed E-state index contributed by atoms with van der Waals surface area (Å²) in [7, 11) is -4.24. The number of nitrogens with one attached hydrogen (secondary N) is 1. The number of halogens is 5. The molecule has 0 atom stereocenters. The first-order valence-electron chi connectivity index (χ1n) is 10.0. The standard InChI is InChI=1S/C21H20Cl2F3N3O4S/c22-15-2-1-3-17(19(15)23)34(32,33)28-18(30)10-12-6-8-29(9-7-12)16-11-13(21(24,25)26)4-5-14(16)20(27)31/h1-5,11-12H,6-10H2,(H2,27,31)(H,28,30). The average molecular weight is 538 g/mol. The van der Waals surface area contributed by atoms with Gasteiger partial charge in [-0.3, -0.25) is 9.59 Å². The Balaban J connectivity index is 1.66. The fourth-order valence-electron chi connectivity index (χ4n) is 3.76. The number of primary amides is 1. The minimum absolute atomic E-state index is 0.0225. The molecule has 1 fully saturated rings. The van der Waals surface area contributed by atoms with Crippen LogP contribution in [0.3, 0.4) is 0 Å². The van der Waals surface area contributed by atoms with Crippen molar-refractivity contribution in [2.75, 3.05) is 18.0 Å². The third kappa shape index (κ3) is 5.94. The summed E-state index contributed by atoms with van der Waals surface area (Å²) in [5.74, 6) is -1.81. The molecular weight excluding hydrogens is 518 g/mol. The molecule has 3 N–H and O–H groups in total. The van der Waals surface area contributed by atoms with Crippen LogP contribution in [0.25, 0.3) is 0 Å². The molecule has 184 valence electrons. The Morgan fingerprint density at radius 2 is 1.76 bits per heavy atom. The molecule has 7 nitrogen and oxygen atoms in total. The van der Waals surface area contributed by atoms with E-state index in [1.807, 2.05) is 4.72 Å². The highest BCUT2D eigenvalue weighted by Gasteiger charge is 2.33. The second-order valence-corrected chi connectivity index (χ2v) is 10.2. The smallest absolute Gasteiger partial charge is 0.371 e. The first-order chi connectivity index (χ1) is 15.8. The summed E-state index contributed by atoms with van der Waals surface area (Å²) >= 11 is 11.8. The number of carbonyl (C=O) groups is 2. The second-order valence-electron chi connectivity index (χ2n) is 7.81. The lowest BCUT2D eigenvalue weighted by molar-refractivity contribution is -0.137. The Morgan fingerprint density at radius 3 is 2.35 bits per heavy atom. The fraction of sp³-hybridized carbons (Fsp3) is 0.333. The molecule has 0 saturated carbocycles. The molecule has 0 aromatic heterocycles. The van der Waals surface area contributed by atoms with Gasteiger partial charge in [-0.15, -0.1) is 0 Å². The van der Waals surface area contributed by atoms with Crippen molar-refractivity contribution in [2.45, 2.75) is 30.3 Å². The van der Waals surface area contributed by atoms with Crippen molar-refractivity contribution in [3.05, 3.63) is 57.6 Å². The van der Waals surface area contributed by atoms with Crippen LogP contribution in [0.5, 0.6) is 0 Å². The number of alkyl halides is 3. The zero-order valence-electron chi connectivity index (χ0n) is 17.5. The number of anilines is 1. The number of nitrogens with two attached hydrogens (primary N) is 1. The first kappa shape index (κ1) is 26.1. The maximum Gasteiger partial charge on any atom is 0.416 e. The lowest BCUT2D eigenvalue weighted by Gasteiger charge is -2.34. The Kier molecular flexibility index (Phi) is 7.69. The summed E-state index contributed by atoms with van der Waals surface area (Å²) in [5, 5.41) is -0.182. The number of rotatable bonds is 6. The summed E-state index contributed by atoms with van der Waals surface area (Å²) in [6, 6.07) is 6.74. The van der Waals surface area contributed by atoms with Crippen LogP contribution in [0.15, 0.2) is 41.3 Å². The highest BCUT2D eigenvalue weighted by molar-refractivity contribution is 7.90. The lowest BCUT2D eigenvalue weighted by Crippen LogP contribution is -2.38. The summed E-state index contributed by atoms with van der Waals surface area (Å²) in [4.78, 5) is 25.4. The van der Waals surface area contributed by atoms with Crippen LogP contribution in [0.4, 0.5) is 18.9 Å². The van der Waals surface area contributed by atoms with E-state index in [2.05, 4.69) is 0 Å². The van der Waals surface area contributed by atoms with Crippen LogP contribution in [-0.4, -0.2) is 33.3 Å². The van der Waals surface area contributed by atoms with Gasteiger partial charge < -0.3 is 10.6 Å². The van der Waals surface area contributed by atoms with Crippen molar-refractivity contribution in [1.82, 2.24) is 4.72 Å². The van der Waals surface area contributed by atoms with E-state index < -0.39 is 33.6 Å². The van der Waals surface area contributed by atoms with Crippen molar-refractivity contribution in [3.8, 4) is 0 Å². The monoisotopic (exact) mass is 537 g/mol. The number of nitrogens with zero attached hydrogens (tertiary/aromatic N) is 1. The highest BCUT2D eigenvalue weighted by atomic mass is 35.5. The van der Waals surface area contributed by atoms with Gasteiger partial charge in [-0.25, -0.2) is 13.1 Å². The maximum absolute atomic E-state index is 13.1. The van der Waals surface area contributed by atoms with E-state index in [1.54, 1.807) is 4.90 Å². The van der Waals surface area contributed by atoms with Gasteiger partial charge in [-0.1, -0.05) is 29.3 Å². The minimum atomic E-state index is -4.58. The van der Waals surface area contributed by atoms with Crippen LogP contribution in [0.2, 0.25) is 10.0 Å². The normalized spacial score (nSPS) is 15.3. The molecule has 1 aliphatic rings. The summed E-state index contributed by atoms with van der Waals surface area (Å²) in [5.41, 5.74) is 4.46. The van der Waals surface area contributed by atoms with Crippen molar-refractivity contribution in [1.29, 1.82) is 0 Å². The first-order valence-corrected chi connectivity index (χ1v) is 12.3. The third-order valence-electron chi connectivity index (χ3n) is 5.47. The quantitative estimate of drug-likeness (QED) is 0.573. The molecule has 34 heavy (non-hydrogen) atoms. The van der Waals surface area contributed by atoms with E-state index >= 15 is 0 Å². The number of hydrogen-bond donors (Lipinski definition) is 2. The number of amides is 2. The summed E-state index contributed by atoms with van der Waals surface area (Å²) in [6.07, 6.45) is -3.92. The van der Waals surface area contributed by atoms with Crippen LogP contribution in [0, 0.1) is 5.92 Å². The fourth-order valence-corrected chi connectivity index (χ4v) is 5.51. The van der Waals surface area contributed by atoms with Crippen molar-refractivity contribution in [2.24, 2.45) is 11.7 Å². The van der Waals surface area contributed by atoms with Gasteiger partial charge in [0.2, 0.25) is 5.91 Å². The summed E-state index contributed by atoms with van der Waals surface area (Å²) in [6.45, 7) is 0.513. The number of hydrogen-bond acceptors (Lipinski definition) is 5. The van der Waals surface area contributed by atoms with Gasteiger partial charge in [-0.05, 0) is 49.1 Å². The Morgan fingerprint density at radius 1 is 1.12 bits per heavy atom. The zero-order valence-corrected chi connectivity index (χ0v) is 19.9. The molecule has 2 aromatic rings. The molecular formula is C21H20Cl2F3N3O4S. The molecule has 0 spiro atoms. The topological polar surface area (TPSA) is 110 Å². The van der Waals surface area contributed by atoms with Crippen molar-refractivity contribution >= 4 is 50.7 Å². The van der Waals surface area contributed by atoms with Crippen LogP contribution < -0.4 is 15.4 Å². The van der Waals surface area contributed by atoms with E-state index in [1.165, 1.54) is 18.2 Å². The summed E-state index contributed by atoms with van der Waals surface area (Å²) < 4.78 is 66.4. The zero-order chi connectivity index (χ0) is 25.3. The van der Waals surface area contributed by atoms with E-state index in [0.717, 1.165) is 18.2 Å². The lowest BCUT2D eigenvalue weighted by atomic mass is 9.92. The van der Waals surface area contributed by atoms with E-state index in [9.17, 15) is 31.2 Å². The average Bonchev–Trinajstić information content (AvgIpc) is 2.74. The van der Waals surface area contributed by atoms with Gasteiger partial charge in [0, 0.05) is 19.5 Å². The van der Waals surface area contributed by atoms with Gasteiger partial charge in [0.25, 0.3) is 15.9 Å². The number of benzene rings is 2. The molecule has 1 heterocycles. The Labute approximate surface area is 204 Å². The van der Waals surface area contributed by atoms with Crippen LogP contribution in [-0.2, 0) is 21.0 Å². The number of carbonyl (C=O) groups excluding carboxylic acids is 2. The SMILES string of the molecule is NC(=O)c1ccc(C(F)(F)F)cc1N1CCC(CC(=O)NS(=O)(=O)c2cccc(Cl)c2Cl)CC1. The van der Waals surface area contributed by atoms with Crippen molar-refractivity contribution < 1.29 is 31.2 Å². The van der Waals surface area contributed by atoms with Crippen LogP contribution in [0.1, 0.15) is 35.2 Å². The van der Waals surface area contributed by atoms with Gasteiger partial charge in [0.05, 0.1) is 26.9 Å². The van der Waals surface area contributed by atoms with Gasteiger partial charge in [0.1, 0.15) is 4.90 Å². The molecule has 0 radical (unpaired) electrons. The second kappa shape index (κ2) is 10.0. The number of piperidine rings is 1. The predicted octanol–water partition coefficient (Wildman–Crippen LogP) is 4.22. The number of sulfonamides is 1. The molecule has 2 aromatic carbocycles. The minimum Gasteiger partial charge on any atom is -0.371 e. The Hall–Kier alpha value is -2.50. The molecule has 2 amide bonds.